The van der Waals surface area contributed by atoms with Gasteiger partial charge in [-0.25, -0.2) is 9.59 Å². The Balaban J connectivity index is 2.27. The van der Waals surface area contributed by atoms with Crippen LogP contribution in [0.3, 0.4) is 0 Å². The standard InChI is InChI=1S/C24H39NO4/c1-4-5-6-7-8-9-10-14-17-28-23(26)22(18-20(2)3)25-24(27)29-19-21-15-12-11-13-16-21/h11-13,15-16,20,22H,4-10,14,17-19H2,1-3H3,(H,25,27). The zero-order valence-corrected chi connectivity index (χ0v) is 18.5. The van der Waals surface area contributed by atoms with Crippen molar-refractivity contribution in [3.05, 3.63) is 35.9 Å². The van der Waals surface area contributed by atoms with Crippen LogP contribution in [-0.4, -0.2) is 24.7 Å². The molecule has 0 fully saturated rings. The lowest BCUT2D eigenvalue weighted by Crippen LogP contribution is -2.43. The summed E-state index contributed by atoms with van der Waals surface area (Å²) < 4.78 is 10.6. The first-order valence-electron chi connectivity index (χ1n) is 11.2. The van der Waals surface area contributed by atoms with Crippen LogP contribution in [0.4, 0.5) is 4.79 Å². The summed E-state index contributed by atoms with van der Waals surface area (Å²) in [7, 11) is 0. The Morgan fingerprint density at radius 3 is 2.14 bits per heavy atom. The molecule has 1 unspecified atom stereocenters. The lowest BCUT2D eigenvalue weighted by Gasteiger charge is -2.19. The maximum absolute atomic E-state index is 12.4. The van der Waals surface area contributed by atoms with Crippen molar-refractivity contribution in [2.24, 2.45) is 5.92 Å². The zero-order valence-electron chi connectivity index (χ0n) is 18.5. The Morgan fingerprint density at radius 2 is 1.52 bits per heavy atom. The van der Waals surface area contributed by atoms with E-state index in [-0.39, 0.29) is 18.5 Å². The van der Waals surface area contributed by atoms with E-state index in [0.29, 0.717) is 13.0 Å². The molecule has 1 atom stereocenters. The number of rotatable bonds is 15. The highest BCUT2D eigenvalue weighted by Crippen LogP contribution is 2.10. The van der Waals surface area contributed by atoms with Crippen LogP contribution >= 0.6 is 0 Å². The Kier molecular flexibility index (Phi) is 13.6. The molecular weight excluding hydrogens is 366 g/mol. The number of hydrogen-bond donors (Lipinski definition) is 1. The van der Waals surface area contributed by atoms with Gasteiger partial charge >= 0.3 is 12.1 Å². The van der Waals surface area contributed by atoms with Crippen molar-refractivity contribution in [2.75, 3.05) is 6.61 Å². The second-order valence-electron chi connectivity index (χ2n) is 8.03. The number of carbonyl (C=O) groups is 2. The summed E-state index contributed by atoms with van der Waals surface area (Å²) in [5, 5.41) is 2.66. The van der Waals surface area contributed by atoms with Gasteiger partial charge in [-0.05, 0) is 24.3 Å². The highest BCUT2D eigenvalue weighted by atomic mass is 16.6. The first-order chi connectivity index (χ1) is 14.0. The van der Waals surface area contributed by atoms with E-state index in [9.17, 15) is 9.59 Å². The predicted molar refractivity (Wildman–Crippen MR) is 117 cm³/mol. The van der Waals surface area contributed by atoms with Crippen molar-refractivity contribution in [2.45, 2.75) is 91.2 Å². The minimum absolute atomic E-state index is 0.175. The molecule has 0 aliphatic carbocycles. The van der Waals surface area contributed by atoms with Gasteiger partial charge in [0.15, 0.2) is 0 Å². The molecule has 1 rings (SSSR count). The third-order valence-electron chi connectivity index (χ3n) is 4.74. The first kappa shape index (κ1) is 25.0. The molecule has 0 aliphatic heterocycles. The maximum atomic E-state index is 12.4. The van der Waals surface area contributed by atoms with Crippen LogP contribution in [-0.2, 0) is 20.9 Å². The minimum Gasteiger partial charge on any atom is -0.464 e. The van der Waals surface area contributed by atoms with E-state index in [1.54, 1.807) is 0 Å². The number of alkyl carbamates (subject to hydrolysis) is 1. The Bertz CT molecular complexity index is 559. The molecule has 0 heterocycles. The molecule has 5 heteroatoms. The van der Waals surface area contributed by atoms with Gasteiger partial charge in [-0.15, -0.1) is 0 Å². The summed E-state index contributed by atoms with van der Waals surface area (Å²) in [4.78, 5) is 24.5. The number of amides is 1. The van der Waals surface area contributed by atoms with E-state index < -0.39 is 12.1 Å². The molecule has 1 N–H and O–H groups in total. The molecule has 0 bridgehead atoms. The van der Waals surface area contributed by atoms with E-state index in [1.807, 2.05) is 44.2 Å². The van der Waals surface area contributed by atoms with E-state index in [2.05, 4.69) is 12.2 Å². The molecule has 164 valence electrons. The molecule has 0 spiro atoms. The zero-order chi connectivity index (χ0) is 21.3. The summed E-state index contributed by atoms with van der Waals surface area (Å²) in [6, 6.07) is 8.78. The lowest BCUT2D eigenvalue weighted by molar-refractivity contribution is -0.146. The summed E-state index contributed by atoms with van der Waals surface area (Å²) in [5.74, 6) is -0.122. The number of benzene rings is 1. The molecule has 0 aliphatic rings. The predicted octanol–water partition coefficient (Wildman–Crippen LogP) is 6.01. The smallest absolute Gasteiger partial charge is 0.408 e. The topological polar surface area (TPSA) is 64.6 Å². The van der Waals surface area contributed by atoms with Crippen LogP contribution in [0.25, 0.3) is 0 Å². The summed E-state index contributed by atoms with van der Waals surface area (Å²) >= 11 is 0. The van der Waals surface area contributed by atoms with Gasteiger partial charge in [0.1, 0.15) is 12.6 Å². The fourth-order valence-corrected chi connectivity index (χ4v) is 3.10. The van der Waals surface area contributed by atoms with Gasteiger partial charge in [-0.3, -0.25) is 0 Å². The number of esters is 1. The summed E-state index contributed by atoms with van der Waals surface area (Å²) in [6.45, 7) is 6.82. The van der Waals surface area contributed by atoms with E-state index in [4.69, 9.17) is 9.47 Å². The fourth-order valence-electron chi connectivity index (χ4n) is 3.10. The van der Waals surface area contributed by atoms with E-state index >= 15 is 0 Å². The monoisotopic (exact) mass is 405 g/mol. The van der Waals surface area contributed by atoms with Crippen LogP contribution in [0.5, 0.6) is 0 Å². The number of hydrogen-bond acceptors (Lipinski definition) is 4. The van der Waals surface area contributed by atoms with Gasteiger partial charge < -0.3 is 14.8 Å². The number of unbranched alkanes of at least 4 members (excludes halogenated alkanes) is 7. The Morgan fingerprint density at radius 1 is 0.897 bits per heavy atom. The van der Waals surface area contributed by atoms with Crippen molar-refractivity contribution < 1.29 is 19.1 Å². The highest BCUT2D eigenvalue weighted by molar-refractivity contribution is 5.81. The molecular formula is C24H39NO4. The average molecular weight is 406 g/mol. The summed E-state index contributed by atoms with van der Waals surface area (Å²) in [6.07, 6.45) is 9.48. The molecule has 1 aromatic rings. The van der Waals surface area contributed by atoms with Gasteiger partial charge in [-0.2, -0.15) is 0 Å². The van der Waals surface area contributed by atoms with Gasteiger partial charge in [0.05, 0.1) is 6.61 Å². The lowest BCUT2D eigenvalue weighted by atomic mass is 10.0. The minimum atomic E-state index is -0.674. The molecule has 0 saturated heterocycles. The summed E-state index contributed by atoms with van der Waals surface area (Å²) in [5.41, 5.74) is 0.903. The van der Waals surface area contributed by atoms with Crippen LogP contribution in [0.15, 0.2) is 30.3 Å². The largest absolute Gasteiger partial charge is 0.464 e. The first-order valence-corrected chi connectivity index (χ1v) is 11.2. The molecule has 1 aromatic carbocycles. The van der Waals surface area contributed by atoms with Crippen LogP contribution in [0.1, 0.15) is 84.1 Å². The fraction of sp³-hybridized carbons (Fsp3) is 0.667. The van der Waals surface area contributed by atoms with Crippen molar-refractivity contribution in [1.82, 2.24) is 5.32 Å². The molecule has 29 heavy (non-hydrogen) atoms. The third-order valence-corrected chi connectivity index (χ3v) is 4.74. The highest BCUT2D eigenvalue weighted by Gasteiger charge is 2.24. The molecule has 0 aromatic heterocycles. The second kappa shape index (κ2) is 15.8. The second-order valence-corrected chi connectivity index (χ2v) is 8.03. The van der Waals surface area contributed by atoms with Crippen molar-refractivity contribution in [3.8, 4) is 0 Å². The van der Waals surface area contributed by atoms with Gasteiger partial charge in [-0.1, -0.05) is 96.0 Å². The number of ether oxygens (including phenoxy) is 2. The van der Waals surface area contributed by atoms with Gasteiger partial charge in [0, 0.05) is 0 Å². The quantitative estimate of drug-likeness (QED) is 0.287. The maximum Gasteiger partial charge on any atom is 0.408 e. The third kappa shape index (κ3) is 12.9. The number of nitrogens with one attached hydrogen (secondary N) is 1. The molecule has 0 saturated carbocycles. The van der Waals surface area contributed by atoms with Crippen LogP contribution in [0.2, 0.25) is 0 Å². The van der Waals surface area contributed by atoms with Crippen LogP contribution < -0.4 is 5.32 Å². The van der Waals surface area contributed by atoms with Gasteiger partial charge in [0.25, 0.3) is 0 Å². The van der Waals surface area contributed by atoms with E-state index in [0.717, 1.165) is 18.4 Å². The Hall–Kier alpha value is -2.04. The molecule has 0 radical (unpaired) electrons. The number of carbonyl (C=O) groups excluding carboxylic acids is 2. The normalized spacial score (nSPS) is 11.9. The molecule has 1 amide bonds. The van der Waals surface area contributed by atoms with E-state index in [1.165, 1.54) is 38.5 Å². The SMILES string of the molecule is CCCCCCCCCCOC(=O)C(CC(C)C)NC(=O)OCc1ccccc1. The van der Waals surface area contributed by atoms with Crippen molar-refractivity contribution in [1.29, 1.82) is 0 Å². The van der Waals surface area contributed by atoms with Crippen molar-refractivity contribution >= 4 is 12.1 Å². The average Bonchev–Trinajstić information content (AvgIpc) is 2.71. The molecule has 5 nitrogen and oxygen atoms in total. The Labute approximate surface area is 176 Å². The van der Waals surface area contributed by atoms with Crippen molar-refractivity contribution in [3.63, 3.8) is 0 Å². The van der Waals surface area contributed by atoms with Gasteiger partial charge in [0.2, 0.25) is 0 Å². The van der Waals surface area contributed by atoms with Crippen LogP contribution in [0, 0.1) is 5.92 Å².